The molecule has 0 bridgehead atoms. The van der Waals surface area contributed by atoms with Gasteiger partial charge in [0.1, 0.15) is 0 Å². The summed E-state index contributed by atoms with van der Waals surface area (Å²) < 4.78 is 19.3. The third-order valence-electron chi connectivity index (χ3n) is 2.12. The van der Waals surface area contributed by atoms with E-state index in [9.17, 15) is 4.39 Å². The Labute approximate surface area is 84.6 Å². The Kier molecular flexibility index (Phi) is 2.39. The molecule has 0 saturated heterocycles. The van der Waals surface area contributed by atoms with Crippen molar-refractivity contribution < 1.29 is 14.2 Å². The first-order chi connectivity index (χ1) is 6.77. The lowest BCUT2D eigenvalue weighted by Gasteiger charge is -2.06. The van der Waals surface area contributed by atoms with Crippen molar-refractivity contribution in [3.8, 4) is 5.75 Å². The summed E-state index contributed by atoms with van der Waals surface area (Å²) in [6.45, 7) is -0.306. The molecule has 0 aliphatic carbocycles. The van der Waals surface area contributed by atoms with Gasteiger partial charge in [-0.3, -0.25) is 0 Å². The van der Waals surface area contributed by atoms with Crippen molar-refractivity contribution in [2.24, 2.45) is 0 Å². The van der Waals surface area contributed by atoms with Crippen LogP contribution in [0.3, 0.4) is 0 Å². The topological polar surface area (TPSA) is 29.5 Å². The van der Waals surface area contributed by atoms with Crippen molar-refractivity contribution in [3.05, 3.63) is 28.9 Å². The molecule has 2 nitrogen and oxygen atoms in total. The van der Waals surface area contributed by atoms with Crippen LogP contribution in [0.1, 0.15) is 5.56 Å². The van der Waals surface area contributed by atoms with Crippen molar-refractivity contribution in [1.82, 2.24) is 0 Å². The highest BCUT2D eigenvalue weighted by Gasteiger charge is 2.13. The molecule has 0 atom stereocenters. The highest BCUT2D eigenvalue weighted by Crippen LogP contribution is 2.32. The fourth-order valence-corrected chi connectivity index (χ4v) is 2.33. The molecule has 0 saturated carbocycles. The van der Waals surface area contributed by atoms with Gasteiger partial charge in [0.2, 0.25) is 0 Å². The van der Waals surface area contributed by atoms with E-state index in [0.29, 0.717) is 5.56 Å². The standard InChI is InChI=1S/C10H9FO2S/c1-13-8-4-6-2-3-14-10(6)7(5-12)9(8)11/h2-4,12H,5H2,1H3. The van der Waals surface area contributed by atoms with Gasteiger partial charge in [-0.15, -0.1) is 11.3 Å². The number of hydrogen-bond donors (Lipinski definition) is 1. The Morgan fingerprint density at radius 1 is 1.57 bits per heavy atom. The van der Waals surface area contributed by atoms with Gasteiger partial charge in [-0.05, 0) is 22.9 Å². The van der Waals surface area contributed by atoms with Gasteiger partial charge in [-0.1, -0.05) is 0 Å². The second-order valence-electron chi connectivity index (χ2n) is 2.87. The van der Waals surface area contributed by atoms with E-state index in [2.05, 4.69) is 0 Å². The summed E-state index contributed by atoms with van der Waals surface area (Å²) in [5.74, 6) is -0.287. The van der Waals surface area contributed by atoms with Crippen LogP contribution in [0.25, 0.3) is 10.1 Å². The first-order valence-corrected chi connectivity index (χ1v) is 4.99. The van der Waals surface area contributed by atoms with Crippen LogP contribution in [0.5, 0.6) is 5.75 Å². The van der Waals surface area contributed by atoms with Gasteiger partial charge >= 0.3 is 0 Å². The maximum absolute atomic E-state index is 13.6. The Morgan fingerprint density at radius 3 is 3.00 bits per heavy atom. The van der Waals surface area contributed by atoms with Crippen molar-refractivity contribution in [2.45, 2.75) is 6.61 Å². The first kappa shape index (κ1) is 9.43. The lowest BCUT2D eigenvalue weighted by Crippen LogP contribution is -1.95. The third kappa shape index (κ3) is 1.27. The molecule has 1 heterocycles. The molecular weight excluding hydrogens is 203 g/mol. The molecule has 0 unspecified atom stereocenters. The molecule has 2 rings (SSSR count). The zero-order chi connectivity index (χ0) is 10.1. The fourth-order valence-electron chi connectivity index (χ4n) is 1.42. The van der Waals surface area contributed by atoms with E-state index in [1.165, 1.54) is 18.4 Å². The van der Waals surface area contributed by atoms with Crippen LogP contribution in [0, 0.1) is 5.82 Å². The van der Waals surface area contributed by atoms with Crippen LogP contribution in [0.4, 0.5) is 4.39 Å². The van der Waals surface area contributed by atoms with Crippen molar-refractivity contribution in [2.75, 3.05) is 7.11 Å². The molecule has 1 aromatic heterocycles. The predicted molar refractivity (Wildman–Crippen MR) is 54.3 cm³/mol. The number of benzene rings is 1. The Hall–Kier alpha value is -1.13. The van der Waals surface area contributed by atoms with Gasteiger partial charge < -0.3 is 9.84 Å². The summed E-state index contributed by atoms with van der Waals surface area (Å²) in [6.07, 6.45) is 0. The maximum atomic E-state index is 13.6. The van der Waals surface area contributed by atoms with E-state index in [1.54, 1.807) is 6.07 Å². The van der Waals surface area contributed by atoms with E-state index < -0.39 is 5.82 Å². The van der Waals surface area contributed by atoms with Crippen LogP contribution in [-0.2, 0) is 6.61 Å². The average molecular weight is 212 g/mol. The summed E-state index contributed by atoms with van der Waals surface area (Å²) in [5, 5.41) is 11.8. The quantitative estimate of drug-likeness (QED) is 0.829. The van der Waals surface area contributed by atoms with Crippen molar-refractivity contribution in [1.29, 1.82) is 0 Å². The molecule has 4 heteroatoms. The molecule has 1 N–H and O–H groups in total. The van der Waals surface area contributed by atoms with Gasteiger partial charge in [0.05, 0.1) is 13.7 Å². The van der Waals surface area contributed by atoms with E-state index in [4.69, 9.17) is 9.84 Å². The summed E-state index contributed by atoms with van der Waals surface area (Å²) >= 11 is 1.42. The smallest absolute Gasteiger partial charge is 0.172 e. The minimum Gasteiger partial charge on any atom is -0.494 e. The second kappa shape index (κ2) is 3.55. The fraction of sp³-hybridized carbons (Fsp3) is 0.200. The molecule has 74 valence electrons. The molecular formula is C10H9FO2S. The maximum Gasteiger partial charge on any atom is 0.172 e. The third-order valence-corrected chi connectivity index (χ3v) is 3.11. The molecule has 1 aromatic carbocycles. The summed E-state index contributed by atoms with van der Waals surface area (Å²) in [7, 11) is 1.41. The van der Waals surface area contributed by atoms with Gasteiger partial charge in [0.15, 0.2) is 11.6 Å². The van der Waals surface area contributed by atoms with Crippen LogP contribution in [0.2, 0.25) is 0 Å². The van der Waals surface area contributed by atoms with E-state index in [1.807, 2.05) is 11.4 Å². The summed E-state index contributed by atoms with van der Waals surface area (Å²) in [6, 6.07) is 3.52. The van der Waals surface area contributed by atoms with Crippen molar-refractivity contribution >= 4 is 21.4 Å². The number of halogens is 1. The van der Waals surface area contributed by atoms with E-state index in [0.717, 1.165) is 10.1 Å². The van der Waals surface area contributed by atoms with Crippen molar-refractivity contribution in [3.63, 3.8) is 0 Å². The summed E-state index contributed by atoms with van der Waals surface area (Å²) in [5.41, 5.74) is 0.314. The van der Waals surface area contributed by atoms with Crippen LogP contribution in [-0.4, -0.2) is 12.2 Å². The molecule has 0 aliphatic rings. The monoisotopic (exact) mass is 212 g/mol. The Morgan fingerprint density at radius 2 is 2.36 bits per heavy atom. The number of aliphatic hydroxyl groups is 1. The highest BCUT2D eigenvalue weighted by atomic mass is 32.1. The SMILES string of the molecule is COc1cc2ccsc2c(CO)c1F. The van der Waals surface area contributed by atoms with Crippen LogP contribution >= 0.6 is 11.3 Å². The normalized spacial score (nSPS) is 10.8. The van der Waals surface area contributed by atoms with Gasteiger partial charge in [-0.25, -0.2) is 4.39 Å². The number of methoxy groups -OCH3 is 1. The number of hydrogen-bond acceptors (Lipinski definition) is 3. The first-order valence-electron chi connectivity index (χ1n) is 4.11. The largest absolute Gasteiger partial charge is 0.494 e. The predicted octanol–water partition coefficient (Wildman–Crippen LogP) is 2.54. The molecule has 0 spiro atoms. The molecule has 0 radical (unpaired) electrons. The van der Waals surface area contributed by atoms with E-state index in [-0.39, 0.29) is 12.4 Å². The number of ether oxygens (including phenoxy) is 1. The molecule has 0 aliphatic heterocycles. The van der Waals surface area contributed by atoms with Crippen LogP contribution in [0.15, 0.2) is 17.5 Å². The zero-order valence-corrected chi connectivity index (χ0v) is 8.40. The average Bonchev–Trinajstić information content (AvgIpc) is 2.64. The lowest BCUT2D eigenvalue weighted by molar-refractivity contribution is 0.275. The minimum absolute atomic E-state index is 0.181. The Bertz CT molecular complexity index is 464. The van der Waals surface area contributed by atoms with Crippen LogP contribution < -0.4 is 4.74 Å². The Balaban J connectivity index is 2.80. The lowest BCUT2D eigenvalue weighted by atomic mass is 10.1. The molecule has 2 aromatic rings. The van der Waals surface area contributed by atoms with Gasteiger partial charge in [0.25, 0.3) is 0 Å². The zero-order valence-electron chi connectivity index (χ0n) is 7.58. The highest BCUT2D eigenvalue weighted by molar-refractivity contribution is 7.17. The number of thiophene rings is 1. The molecule has 0 amide bonds. The minimum atomic E-state index is -0.468. The van der Waals surface area contributed by atoms with Gasteiger partial charge in [0, 0.05) is 10.3 Å². The number of rotatable bonds is 2. The van der Waals surface area contributed by atoms with E-state index >= 15 is 0 Å². The number of aliphatic hydroxyl groups excluding tert-OH is 1. The number of fused-ring (bicyclic) bond motifs is 1. The van der Waals surface area contributed by atoms with Gasteiger partial charge in [-0.2, -0.15) is 0 Å². The second-order valence-corrected chi connectivity index (χ2v) is 3.78. The molecule has 14 heavy (non-hydrogen) atoms. The summed E-state index contributed by atoms with van der Waals surface area (Å²) in [4.78, 5) is 0. The molecule has 0 fully saturated rings.